The van der Waals surface area contributed by atoms with E-state index in [1.807, 2.05) is 0 Å². The van der Waals surface area contributed by atoms with E-state index in [4.69, 9.17) is 0 Å². The molecular weight excluding hydrogens is 369 g/mol. The summed E-state index contributed by atoms with van der Waals surface area (Å²) >= 11 is 0. The van der Waals surface area contributed by atoms with E-state index in [9.17, 15) is 21.2 Å². The first-order valence-corrected chi connectivity index (χ1v) is 10.6. The van der Waals surface area contributed by atoms with E-state index in [0.29, 0.717) is 5.69 Å². The van der Waals surface area contributed by atoms with Crippen LogP contribution in [0.5, 0.6) is 0 Å². The number of sulfonamides is 2. The number of hydrogen-bond donors (Lipinski definition) is 1. The lowest BCUT2D eigenvalue weighted by molar-refractivity contribution is 0.408. The number of aromatic nitrogens is 1. The van der Waals surface area contributed by atoms with Gasteiger partial charge >= 0.3 is 0 Å². The molecule has 0 fully saturated rings. The Kier molecular flexibility index (Phi) is 6.22. The van der Waals surface area contributed by atoms with Gasteiger partial charge in [0.05, 0.1) is 23.4 Å². The lowest BCUT2D eigenvalue weighted by Gasteiger charge is -2.19. The molecule has 136 valence electrons. The second-order valence-corrected chi connectivity index (χ2v) is 9.02. The Labute approximate surface area is 146 Å². The van der Waals surface area contributed by atoms with Crippen molar-refractivity contribution in [3.8, 4) is 0 Å². The zero-order valence-corrected chi connectivity index (χ0v) is 15.1. The molecule has 2 aromatic rings. The molecule has 0 saturated carbocycles. The summed E-state index contributed by atoms with van der Waals surface area (Å²) in [5.74, 6) is -0.544. The molecule has 2 rings (SSSR count). The molecule has 0 bridgehead atoms. The standard InChI is InChI=1S/C15H18FN3O4S2/c1-24(20,21)19(12-14-4-2-3-9-17-14)11-10-18-25(22,23)15-7-5-13(16)6-8-15/h2-9,18H,10-12H2,1H3. The Balaban J connectivity index is 2.02. The summed E-state index contributed by atoms with van der Waals surface area (Å²) in [6.07, 6.45) is 2.59. The maximum atomic E-state index is 12.9. The van der Waals surface area contributed by atoms with Crippen molar-refractivity contribution < 1.29 is 21.2 Å². The summed E-state index contributed by atoms with van der Waals surface area (Å²) in [5.41, 5.74) is 0.550. The van der Waals surface area contributed by atoms with Crippen LogP contribution in [-0.4, -0.2) is 45.5 Å². The molecule has 0 spiro atoms. The molecule has 25 heavy (non-hydrogen) atoms. The number of pyridine rings is 1. The first-order chi connectivity index (χ1) is 11.7. The monoisotopic (exact) mass is 387 g/mol. The van der Waals surface area contributed by atoms with Crippen LogP contribution in [0, 0.1) is 5.82 Å². The Morgan fingerprint density at radius 1 is 1.08 bits per heavy atom. The minimum atomic E-state index is -3.84. The SMILES string of the molecule is CS(=O)(=O)N(CCNS(=O)(=O)c1ccc(F)cc1)Cc1ccccn1. The highest BCUT2D eigenvalue weighted by atomic mass is 32.2. The van der Waals surface area contributed by atoms with E-state index >= 15 is 0 Å². The highest BCUT2D eigenvalue weighted by Gasteiger charge is 2.19. The molecule has 0 radical (unpaired) electrons. The summed E-state index contributed by atoms with van der Waals surface area (Å²) in [7, 11) is -7.39. The van der Waals surface area contributed by atoms with Crippen molar-refractivity contribution in [2.45, 2.75) is 11.4 Å². The summed E-state index contributed by atoms with van der Waals surface area (Å²) in [4.78, 5) is 3.97. The first-order valence-electron chi connectivity index (χ1n) is 7.29. The predicted molar refractivity (Wildman–Crippen MR) is 91.1 cm³/mol. The molecule has 10 heteroatoms. The maximum absolute atomic E-state index is 12.9. The number of halogens is 1. The molecule has 0 atom stereocenters. The van der Waals surface area contributed by atoms with Crippen molar-refractivity contribution in [2.75, 3.05) is 19.3 Å². The Hall–Kier alpha value is -1.88. The predicted octanol–water partition coefficient (Wildman–Crippen LogP) is 0.961. The average molecular weight is 387 g/mol. The lowest BCUT2D eigenvalue weighted by atomic mass is 10.3. The molecule has 1 aromatic carbocycles. The van der Waals surface area contributed by atoms with E-state index in [0.717, 1.165) is 34.8 Å². The van der Waals surface area contributed by atoms with E-state index in [-0.39, 0.29) is 24.5 Å². The molecule has 0 saturated heterocycles. The molecule has 1 heterocycles. The molecule has 0 aliphatic carbocycles. The fourth-order valence-corrected chi connectivity index (χ4v) is 3.85. The van der Waals surface area contributed by atoms with Gasteiger partial charge in [0.25, 0.3) is 0 Å². The van der Waals surface area contributed by atoms with Gasteiger partial charge < -0.3 is 0 Å². The van der Waals surface area contributed by atoms with Gasteiger partial charge in [-0.3, -0.25) is 4.98 Å². The van der Waals surface area contributed by atoms with Crippen LogP contribution in [0.3, 0.4) is 0 Å². The number of nitrogens with one attached hydrogen (secondary N) is 1. The summed E-state index contributed by atoms with van der Waals surface area (Å²) in [5, 5.41) is 0. The smallest absolute Gasteiger partial charge is 0.240 e. The quantitative estimate of drug-likeness (QED) is 0.728. The molecule has 1 N–H and O–H groups in total. The molecule has 0 aliphatic heterocycles. The third kappa shape index (κ3) is 5.85. The van der Waals surface area contributed by atoms with Crippen LogP contribution in [0.4, 0.5) is 4.39 Å². The van der Waals surface area contributed by atoms with Crippen molar-refractivity contribution in [3.63, 3.8) is 0 Å². The van der Waals surface area contributed by atoms with Gasteiger partial charge in [0.15, 0.2) is 0 Å². The van der Waals surface area contributed by atoms with Crippen LogP contribution in [0.15, 0.2) is 53.6 Å². The highest BCUT2D eigenvalue weighted by Crippen LogP contribution is 2.10. The average Bonchev–Trinajstić information content (AvgIpc) is 2.54. The van der Waals surface area contributed by atoms with Gasteiger partial charge in [0.2, 0.25) is 20.0 Å². The normalized spacial score (nSPS) is 12.4. The Morgan fingerprint density at radius 2 is 1.76 bits per heavy atom. The van der Waals surface area contributed by atoms with Crippen LogP contribution < -0.4 is 4.72 Å². The van der Waals surface area contributed by atoms with Crippen LogP contribution in [0.1, 0.15) is 5.69 Å². The second-order valence-electron chi connectivity index (χ2n) is 5.27. The van der Waals surface area contributed by atoms with E-state index < -0.39 is 25.9 Å². The Morgan fingerprint density at radius 3 is 2.32 bits per heavy atom. The molecule has 0 aliphatic rings. The Bertz CT molecular complexity index is 902. The van der Waals surface area contributed by atoms with E-state index in [2.05, 4.69) is 9.71 Å². The fraction of sp³-hybridized carbons (Fsp3) is 0.267. The van der Waals surface area contributed by atoms with Gasteiger partial charge in [-0.15, -0.1) is 0 Å². The van der Waals surface area contributed by atoms with Crippen molar-refractivity contribution in [2.24, 2.45) is 0 Å². The lowest BCUT2D eigenvalue weighted by Crippen LogP contribution is -2.37. The minimum Gasteiger partial charge on any atom is -0.260 e. The zero-order chi connectivity index (χ0) is 18.5. The summed E-state index contributed by atoms with van der Waals surface area (Å²) in [6, 6.07) is 9.49. The van der Waals surface area contributed by atoms with Crippen LogP contribution in [0.2, 0.25) is 0 Å². The van der Waals surface area contributed by atoms with Gasteiger partial charge in [-0.2, -0.15) is 4.31 Å². The van der Waals surface area contributed by atoms with E-state index in [1.165, 1.54) is 0 Å². The van der Waals surface area contributed by atoms with Gasteiger partial charge in [0.1, 0.15) is 5.82 Å². The van der Waals surface area contributed by atoms with Crippen molar-refractivity contribution >= 4 is 20.0 Å². The highest BCUT2D eigenvalue weighted by molar-refractivity contribution is 7.89. The zero-order valence-electron chi connectivity index (χ0n) is 13.5. The van der Waals surface area contributed by atoms with Crippen LogP contribution >= 0.6 is 0 Å². The van der Waals surface area contributed by atoms with Crippen molar-refractivity contribution in [1.82, 2.24) is 14.0 Å². The van der Waals surface area contributed by atoms with Crippen LogP contribution in [0.25, 0.3) is 0 Å². The largest absolute Gasteiger partial charge is 0.260 e. The van der Waals surface area contributed by atoms with Gasteiger partial charge in [-0.1, -0.05) is 6.07 Å². The fourth-order valence-electron chi connectivity index (χ4n) is 2.04. The van der Waals surface area contributed by atoms with Crippen LogP contribution in [-0.2, 0) is 26.6 Å². The third-order valence-electron chi connectivity index (χ3n) is 3.31. The topological polar surface area (TPSA) is 96.4 Å². The summed E-state index contributed by atoms with van der Waals surface area (Å²) in [6.45, 7) is -0.145. The molecule has 0 amide bonds. The maximum Gasteiger partial charge on any atom is 0.240 e. The molecular formula is C15H18FN3O4S2. The van der Waals surface area contributed by atoms with Crippen molar-refractivity contribution in [1.29, 1.82) is 0 Å². The second kappa shape index (κ2) is 8.00. The van der Waals surface area contributed by atoms with Gasteiger partial charge in [-0.25, -0.2) is 25.9 Å². The molecule has 0 unspecified atom stereocenters. The van der Waals surface area contributed by atoms with Crippen molar-refractivity contribution in [3.05, 3.63) is 60.2 Å². The number of hydrogen-bond acceptors (Lipinski definition) is 5. The summed E-state index contributed by atoms with van der Waals surface area (Å²) < 4.78 is 64.3. The number of rotatable bonds is 8. The van der Waals surface area contributed by atoms with Gasteiger partial charge in [-0.05, 0) is 36.4 Å². The minimum absolute atomic E-state index is 0.0396. The third-order valence-corrected chi connectivity index (χ3v) is 6.04. The molecule has 1 aromatic heterocycles. The van der Waals surface area contributed by atoms with E-state index in [1.54, 1.807) is 24.4 Å². The molecule has 7 nitrogen and oxygen atoms in total. The number of benzene rings is 1. The van der Waals surface area contributed by atoms with Gasteiger partial charge in [0, 0.05) is 19.3 Å². The first kappa shape index (κ1) is 19.4. The number of nitrogens with zero attached hydrogens (tertiary/aromatic N) is 2.